The Bertz CT molecular complexity index is 308. The van der Waals surface area contributed by atoms with E-state index in [-0.39, 0.29) is 11.2 Å². The fourth-order valence-corrected chi connectivity index (χ4v) is 2.21. The summed E-state index contributed by atoms with van der Waals surface area (Å²) in [4.78, 5) is 24.2. The molecule has 1 rings (SSSR count). The number of aliphatic hydroxyl groups excluding tert-OH is 1. The predicted octanol–water partition coefficient (Wildman–Crippen LogP) is 0.859. The summed E-state index contributed by atoms with van der Waals surface area (Å²) in [5, 5.41) is 18.3. The molecular weight excluding hydrogens is 222 g/mol. The molecule has 2 unspecified atom stereocenters. The molecule has 0 amide bonds. The largest absolute Gasteiger partial charge is 0.478 e. The van der Waals surface area contributed by atoms with Crippen LogP contribution in [-0.4, -0.2) is 45.7 Å². The number of hydrogen-bond donors (Lipinski definition) is 2. The van der Waals surface area contributed by atoms with Crippen LogP contribution in [0.5, 0.6) is 0 Å². The molecule has 2 N–H and O–H groups in total. The monoisotopic (exact) mass is 243 g/mol. The van der Waals surface area contributed by atoms with Gasteiger partial charge in [0.1, 0.15) is 0 Å². The SMILES string of the molecule is CC(C)(C)CC(=O)C1CCCN1C(O)C(=O)O. The summed E-state index contributed by atoms with van der Waals surface area (Å²) >= 11 is 0. The number of Topliss-reactive ketones (excluding diaryl/α,β-unsaturated/α-hetero) is 1. The predicted molar refractivity (Wildman–Crippen MR) is 62.4 cm³/mol. The molecule has 0 aromatic heterocycles. The number of nitrogens with zero attached hydrogens (tertiary/aromatic N) is 1. The molecule has 0 aromatic rings. The van der Waals surface area contributed by atoms with Crippen molar-refractivity contribution in [3.05, 3.63) is 0 Å². The highest BCUT2D eigenvalue weighted by molar-refractivity contribution is 5.85. The third-order valence-electron chi connectivity index (χ3n) is 2.91. The molecule has 0 radical (unpaired) electrons. The summed E-state index contributed by atoms with van der Waals surface area (Å²) in [6.45, 7) is 6.38. The lowest BCUT2D eigenvalue weighted by molar-refractivity contribution is -0.159. The smallest absolute Gasteiger partial charge is 0.348 e. The van der Waals surface area contributed by atoms with Gasteiger partial charge in [0.05, 0.1) is 6.04 Å². The maximum absolute atomic E-state index is 12.1. The summed E-state index contributed by atoms with van der Waals surface area (Å²) in [6.07, 6.45) is 0.233. The molecule has 0 saturated carbocycles. The molecule has 0 spiro atoms. The number of hydrogen-bond acceptors (Lipinski definition) is 4. The lowest BCUT2D eigenvalue weighted by atomic mass is 9.87. The van der Waals surface area contributed by atoms with Crippen LogP contribution in [-0.2, 0) is 9.59 Å². The second kappa shape index (κ2) is 5.14. The van der Waals surface area contributed by atoms with Gasteiger partial charge in [-0.05, 0) is 18.3 Å². The zero-order chi connectivity index (χ0) is 13.2. The Hall–Kier alpha value is -0.940. The van der Waals surface area contributed by atoms with Gasteiger partial charge in [-0.3, -0.25) is 9.69 Å². The van der Waals surface area contributed by atoms with Crippen LogP contribution in [0, 0.1) is 5.41 Å². The van der Waals surface area contributed by atoms with Crippen LogP contribution in [0.3, 0.4) is 0 Å². The third-order valence-corrected chi connectivity index (χ3v) is 2.91. The van der Waals surface area contributed by atoms with Gasteiger partial charge in [-0.15, -0.1) is 0 Å². The molecule has 1 aliphatic rings. The van der Waals surface area contributed by atoms with E-state index in [0.29, 0.717) is 19.4 Å². The number of carbonyl (C=O) groups excluding carboxylic acids is 1. The molecule has 0 bridgehead atoms. The second-order valence-corrected chi connectivity index (χ2v) is 5.81. The van der Waals surface area contributed by atoms with E-state index >= 15 is 0 Å². The van der Waals surface area contributed by atoms with Crippen LogP contribution in [0.2, 0.25) is 0 Å². The molecule has 0 aliphatic carbocycles. The highest BCUT2D eigenvalue weighted by Gasteiger charge is 2.38. The van der Waals surface area contributed by atoms with Crippen LogP contribution < -0.4 is 0 Å². The normalized spacial score (nSPS) is 23.6. The summed E-state index contributed by atoms with van der Waals surface area (Å²) < 4.78 is 0. The van der Waals surface area contributed by atoms with Crippen molar-refractivity contribution in [1.29, 1.82) is 0 Å². The van der Waals surface area contributed by atoms with Crippen LogP contribution in [0.1, 0.15) is 40.0 Å². The van der Waals surface area contributed by atoms with E-state index in [2.05, 4.69) is 0 Å². The van der Waals surface area contributed by atoms with Gasteiger partial charge in [-0.25, -0.2) is 4.79 Å². The van der Waals surface area contributed by atoms with Crippen molar-refractivity contribution in [1.82, 2.24) is 4.90 Å². The van der Waals surface area contributed by atoms with Gasteiger partial charge >= 0.3 is 5.97 Å². The quantitative estimate of drug-likeness (QED) is 0.765. The third kappa shape index (κ3) is 3.78. The van der Waals surface area contributed by atoms with Gasteiger partial charge in [0.25, 0.3) is 0 Å². The molecule has 1 heterocycles. The Balaban J connectivity index is 2.69. The number of aliphatic carboxylic acids is 1. The lowest BCUT2D eigenvalue weighted by Crippen LogP contribution is -2.47. The number of likely N-dealkylation sites (tertiary alicyclic amines) is 1. The van der Waals surface area contributed by atoms with Crippen molar-refractivity contribution in [2.45, 2.75) is 52.3 Å². The van der Waals surface area contributed by atoms with E-state index < -0.39 is 18.2 Å². The van der Waals surface area contributed by atoms with Gasteiger partial charge in [0.2, 0.25) is 6.23 Å². The Morgan fingerprint density at radius 2 is 2.00 bits per heavy atom. The molecule has 98 valence electrons. The topological polar surface area (TPSA) is 77.8 Å². The maximum Gasteiger partial charge on any atom is 0.348 e. The number of carboxylic acid groups (broad SMARTS) is 1. The Kier molecular flexibility index (Phi) is 4.27. The molecule has 1 saturated heterocycles. The average molecular weight is 243 g/mol. The summed E-state index contributed by atoms with van der Waals surface area (Å²) in [6, 6.07) is -0.444. The molecule has 5 nitrogen and oxygen atoms in total. The number of rotatable bonds is 4. The molecule has 1 fully saturated rings. The highest BCUT2D eigenvalue weighted by Crippen LogP contribution is 2.26. The van der Waals surface area contributed by atoms with Crippen molar-refractivity contribution in [2.24, 2.45) is 5.41 Å². The number of carbonyl (C=O) groups is 2. The van der Waals surface area contributed by atoms with Crippen molar-refractivity contribution < 1.29 is 19.8 Å². The molecule has 1 aliphatic heterocycles. The standard InChI is InChI=1S/C12H21NO4/c1-12(2,3)7-9(14)8-5-4-6-13(8)10(15)11(16)17/h8,10,15H,4-7H2,1-3H3,(H,16,17). The maximum atomic E-state index is 12.1. The summed E-state index contributed by atoms with van der Waals surface area (Å²) in [7, 11) is 0. The first-order valence-electron chi connectivity index (χ1n) is 5.92. The van der Waals surface area contributed by atoms with Crippen molar-refractivity contribution in [3.8, 4) is 0 Å². The zero-order valence-electron chi connectivity index (χ0n) is 10.6. The molecule has 5 heteroatoms. The second-order valence-electron chi connectivity index (χ2n) is 5.81. The fraction of sp³-hybridized carbons (Fsp3) is 0.833. The lowest BCUT2D eigenvalue weighted by Gasteiger charge is -2.28. The summed E-state index contributed by atoms with van der Waals surface area (Å²) in [5.41, 5.74) is -0.112. The number of carboxylic acids is 1. The minimum Gasteiger partial charge on any atom is -0.478 e. The first-order valence-corrected chi connectivity index (χ1v) is 5.92. The Labute approximate surface area is 101 Å². The average Bonchev–Trinajstić information content (AvgIpc) is 2.61. The fourth-order valence-electron chi connectivity index (χ4n) is 2.21. The highest BCUT2D eigenvalue weighted by atomic mass is 16.4. The first-order chi connectivity index (χ1) is 7.72. The van der Waals surface area contributed by atoms with E-state index in [0.717, 1.165) is 6.42 Å². The van der Waals surface area contributed by atoms with Gasteiger partial charge in [-0.2, -0.15) is 0 Å². The van der Waals surface area contributed by atoms with E-state index in [1.165, 1.54) is 4.90 Å². The molecular formula is C12H21NO4. The van der Waals surface area contributed by atoms with Crippen molar-refractivity contribution >= 4 is 11.8 Å². The summed E-state index contributed by atoms with van der Waals surface area (Å²) in [5.74, 6) is -1.27. The number of ketones is 1. The van der Waals surface area contributed by atoms with E-state index in [9.17, 15) is 14.7 Å². The van der Waals surface area contributed by atoms with Crippen LogP contribution in [0.25, 0.3) is 0 Å². The van der Waals surface area contributed by atoms with Crippen molar-refractivity contribution in [2.75, 3.05) is 6.54 Å². The van der Waals surface area contributed by atoms with Crippen LogP contribution in [0.4, 0.5) is 0 Å². The van der Waals surface area contributed by atoms with Gasteiger partial charge in [0, 0.05) is 13.0 Å². The van der Waals surface area contributed by atoms with E-state index in [1.807, 2.05) is 20.8 Å². The first kappa shape index (κ1) is 14.1. The zero-order valence-corrected chi connectivity index (χ0v) is 10.6. The molecule has 2 atom stereocenters. The molecule has 0 aromatic carbocycles. The van der Waals surface area contributed by atoms with Crippen LogP contribution in [0.15, 0.2) is 0 Å². The van der Waals surface area contributed by atoms with Gasteiger partial charge in [0.15, 0.2) is 5.78 Å². The van der Waals surface area contributed by atoms with Crippen LogP contribution >= 0.6 is 0 Å². The minimum absolute atomic E-state index is 0.0234. The molecule has 17 heavy (non-hydrogen) atoms. The van der Waals surface area contributed by atoms with Gasteiger partial charge in [-0.1, -0.05) is 20.8 Å². The van der Waals surface area contributed by atoms with Crippen molar-refractivity contribution in [3.63, 3.8) is 0 Å². The Morgan fingerprint density at radius 3 is 2.47 bits per heavy atom. The van der Waals surface area contributed by atoms with E-state index in [4.69, 9.17) is 5.11 Å². The Morgan fingerprint density at radius 1 is 1.41 bits per heavy atom. The van der Waals surface area contributed by atoms with E-state index in [1.54, 1.807) is 0 Å². The van der Waals surface area contributed by atoms with Gasteiger partial charge < -0.3 is 10.2 Å². The number of aliphatic hydroxyl groups is 1. The minimum atomic E-state index is -1.56.